The molecular weight excluding hydrogens is 452 g/mol. The summed E-state index contributed by atoms with van der Waals surface area (Å²) in [6.07, 6.45) is 6.44. The number of carbonyl (C=O) groups excluding carboxylic acids is 2. The van der Waals surface area contributed by atoms with Crippen LogP contribution in [-0.4, -0.2) is 68.6 Å². The second-order valence-corrected chi connectivity index (χ2v) is 11.2. The minimum absolute atomic E-state index is 0.0241. The molecule has 0 N–H and O–H groups in total. The highest BCUT2D eigenvalue weighted by atomic mass is 32.2. The molecule has 34 heavy (non-hydrogen) atoms. The Morgan fingerprint density at radius 3 is 2.65 bits per heavy atom. The number of amides is 2. The van der Waals surface area contributed by atoms with Crippen molar-refractivity contribution >= 4 is 21.7 Å². The Morgan fingerprint density at radius 2 is 1.82 bits per heavy atom. The summed E-state index contributed by atoms with van der Waals surface area (Å²) >= 11 is 0. The molecule has 0 aliphatic carbocycles. The molecule has 1 saturated heterocycles. The van der Waals surface area contributed by atoms with Gasteiger partial charge in [-0.25, -0.2) is 8.42 Å². The van der Waals surface area contributed by atoms with Gasteiger partial charge in [-0.15, -0.1) is 0 Å². The normalized spacial score (nSPS) is 20.1. The molecule has 8 heteroatoms. The molecule has 0 aromatic heterocycles. The number of hydrogen-bond acceptors (Lipinski definition) is 5. The maximum Gasteiger partial charge on any atom is 0.254 e. The van der Waals surface area contributed by atoms with Gasteiger partial charge in [-0.3, -0.25) is 9.59 Å². The zero-order valence-electron chi connectivity index (χ0n) is 19.6. The highest BCUT2D eigenvalue weighted by Crippen LogP contribution is 2.24. The molecule has 0 radical (unpaired) electrons. The van der Waals surface area contributed by atoms with Gasteiger partial charge in [0.15, 0.2) is 9.84 Å². The fraction of sp³-hybridized carbons (Fsp3) is 0.462. The Labute approximate surface area is 201 Å². The smallest absolute Gasteiger partial charge is 0.254 e. The van der Waals surface area contributed by atoms with Crippen LogP contribution in [0, 0.1) is 0 Å². The second kappa shape index (κ2) is 10.6. The Balaban J connectivity index is 1.60. The van der Waals surface area contributed by atoms with E-state index in [0.29, 0.717) is 26.1 Å². The first kappa shape index (κ1) is 24.3. The second-order valence-electron chi connectivity index (χ2n) is 9.15. The largest absolute Gasteiger partial charge is 0.494 e. The van der Waals surface area contributed by atoms with Crippen molar-refractivity contribution in [2.45, 2.75) is 49.5 Å². The summed E-state index contributed by atoms with van der Waals surface area (Å²) < 4.78 is 29.9. The van der Waals surface area contributed by atoms with Crippen molar-refractivity contribution in [2.75, 3.05) is 32.5 Å². The van der Waals surface area contributed by atoms with Crippen LogP contribution in [-0.2, 0) is 21.1 Å². The molecule has 4 rings (SSSR count). The average Bonchev–Trinajstić information content (AvgIpc) is 2.83. The van der Waals surface area contributed by atoms with E-state index in [0.717, 1.165) is 44.1 Å². The van der Waals surface area contributed by atoms with Crippen LogP contribution in [0.2, 0.25) is 0 Å². The molecule has 2 bridgehead atoms. The topological polar surface area (TPSA) is 84.0 Å². The Morgan fingerprint density at radius 1 is 1.00 bits per heavy atom. The number of sulfone groups is 1. The number of hydrogen-bond donors (Lipinski definition) is 0. The molecule has 1 unspecified atom stereocenters. The van der Waals surface area contributed by atoms with E-state index < -0.39 is 9.84 Å². The van der Waals surface area contributed by atoms with E-state index in [4.69, 9.17) is 4.74 Å². The lowest BCUT2D eigenvalue weighted by molar-refractivity contribution is -0.135. The molecule has 2 aromatic rings. The number of nitrogens with zero attached hydrogens (tertiary/aromatic N) is 2. The lowest BCUT2D eigenvalue weighted by Gasteiger charge is -2.37. The van der Waals surface area contributed by atoms with Crippen LogP contribution in [0.15, 0.2) is 53.4 Å². The van der Waals surface area contributed by atoms with Crippen molar-refractivity contribution in [3.63, 3.8) is 0 Å². The van der Waals surface area contributed by atoms with Crippen LogP contribution in [0.3, 0.4) is 0 Å². The van der Waals surface area contributed by atoms with Crippen LogP contribution < -0.4 is 4.74 Å². The van der Waals surface area contributed by atoms with Gasteiger partial charge in [0.25, 0.3) is 5.91 Å². The van der Waals surface area contributed by atoms with Crippen LogP contribution >= 0.6 is 0 Å². The van der Waals surface area contributed by atoms with E-state index in [-0.39, 0.29) is 34.9 Å². The lowest BCUT2D eigenvalue weighted by Crippen LogP contribution is -2.49. The summed E-state index contributed by atoms with van der Waals surface area (Å²) in [4.78, 5) is 30.3. The molecular formula is C26H32N2O5S. The summed E-state index contributed by atoms with van der Waals surface area (Å²) in [5, 5.41) is 0. The minimum Gasteiger partial charge on any atom is -0.494 e. The summed E-state index contributed by atoms with van der Waals surface area (Å²) in [7, 11) is -3.45. The molecule has 7 nitrogen and oxygen atoms in total. The number of piperidine rings is 1. The minimum atomic E-state index is -3.45. The zero-order chi connectivity index (χ0) is 24.1. The van der Waals surface area contributed by atoms with Crippen LogP contribution in [0.4, 0.5) is 0 Å². The van der Waals surface area contributed by atoms with E-state index in [1.807, 2.05) is 17.0 Å². The summed E-state index contributed by atoms with van der Waals surface area (Å²) in [5.74, 6) is 0.412. The zero-order valence-corrected chi connectivity index (χ0v) is 20.4. The molecule has 1 fully saturated rings. The summed E-state index contributed by atoms with van der Waals surface area (Å²) in [6.45, 7) is 1.44. The van der Waals surface area contributed by atoms with Crippen molar-refractivity contribution < 1.29 is 22.7 Å². The predicted molar refractivity (Wildman–Crippen MR) is 130 cm³/mol. The summed E-state index contributed by atoms with van der Waals surface area (Å²) in [6, 6.07) is 14.2. The van der Waals surface area contributed by atoms with Gasteiger partial charge in [0.2, 0.25) is 5.91 Å². The third-order valence-electron chi connectivity index (χ3n) is 6.58. The molecule has 0 spiro atoms. The van der Waals surface area contributed by atoms with Crippen molar-refractivity contribution in [3.05, 3.63) is 59.7 Å². The quantitative estimate of drug-likeness (QED) is 0.653. The first-order valence-corrected chi connectivity index (χ1v) is 13.8. The van der Waals surface area contributed by atoms with Crippen molar-refractivity contribution in [1.82, 2.24) is 9.80 Å². The third kappa shape index (κ3) is 5.97. The third-order valence-corrected chi connectivity index (χ3v) is 7.69. The highest BCUT2D eigenvalue weighted by molar-refractivity contribution is 7.90. The van der Waals surface area contributed by atoms with Gasteiger partial charge in [0, 0.05) is 31.0 Å². The monoisotopic (exact) mass is 484 g/mol. The van der Waals surface area contributed by atoms with Crippen LogP contribution in [0.5, 0.6) is 5.75 Å². The van der Waals surface area contributed by atoms with Crippen LogP contribution in [0.1, 0.15) is 48.0 Å². The molecule has 0 saturated carbocycles. The van der Waals surface area contributed by atoms with Gasteiger partial charge in [0.1, 0.15) is 12.3 Å². The number of benzene rings is 2. The summed E-state index contributed by atoms with van der Waals surface area (Å²) in [5.41, 5.74) is 1.47. The Bertz CT molecular complexity index is 1150. The molecule has 1 atom stereocenters. The molecule has 2 aliphatic heterocycles. The average molecular weight is 485 g/mol. The van der Waals surface area contributed by atoms with Gasteiger partial charge in [0.05, 0.1) is 11.5 Å². The van der Waals surface area contributed by atoms with Gasteiger partial charge < -0.3 is 14.5 Å². The fourth-order valence-electron chi connectivity index (χ4n) is 4.75. The number of aryl methyl sites for hydroxylation is 1. The van der Waals surface area contributed by atoms with E-state index in [1.165, 1.54) is 22.6 Å². The maximum atomic E-state index is 13.4. The molecule has 2 heterocycles. The van der Waals surface area contributed by atoms with Gasteiger partial charge in [-0.2, -0.15) is 0 Å². The van der Waals surface area contributed by atoms with E-state index in [2.05, 4.69) is 12.1 Å². The predicted octanol–water partition coefficient (Wildman–Crippen LogP) is 3.33. The lowest BCUT2D eigenvalue weighted by atomic mass is 9.95. The van der Waals surface area contributed by atoms with E-state index >= 15 is 0 Å². The SMILES string of the molecule is CS(=O)(=O)c1cccc(C(=O)N2CCCOc3cccc(c3)CCC3CCCCN3C(=O)C2)c1. The van der Waals surface area contributed by atoms with Gasteiger partial charge >= 0.3 is 0 Å². The molecule has 182 valence electrons. The van der Waals surface area contributed by atoms with E-state index in [1.54, 1.807) is 12.1 Å². The van der Waals surface area contributed by atoms with E-state index in [9.17, 15) is 18.0 Å². The molecule has 2 aliphatic rings. The van der Waals surface area contributed by atoms with Gasteiger partial charge in [-0.05, 0) is 74.4 Å². The van der Waals surface area contributed by atoms with Crippen LogP contribution in [0.25, 0.3) is 0 Å². The number of fused-ring (bicyclic) bond motifs is 3. The standard InChI is InChI=1S/C26H32N2O5S/c1-34(31,32)24-11-5-8-21(18-24)26(30)27-14-6-16-33-23-10-4-7-20(17-23)12-13-22-9-2-3-15-28(22)25(29)19-27/h4-5,7-8,10-11,17-18,22H,2-3,6,9,12-16,19H2,1H3. The Hall–Kier alpha value is -2.87. The maximum absolute atomic E-state index is 13.4. The van der Waals surface area contributed by atoms with Crippen molar-refractivity contribution in [3.8, 4) is 5.75 Å². The first-order valence-electron chi connectivity index (χ1n) is 11.9. The number of carbonyl (C=O) groups is 2. The first-order chi connectivity index (χ1) is 16.3. The molecule has 2 amide bonds. The molecule has 2 aromatic carbocycles. The van der Waals surface area contributed by atoms with Crippen molar-refractivity contribution in [2.24, 2.45) is 0 Å². The highest BCUT2D eigenvalue weighted by Gasteiger charge is 2.29. The Kier molecular flexibility index (Phi) is 7.56. The number of rotatable bonds is 2. The number of ether oxygens (including phenoxy) is 1. The van der Waals surface area contributed by atoms with Crippen molar-refractivity contribution in [1.29, 1.82) is 0 Å². The fourth-order valence-corrected chi connectivity index (χ4v) is 5.41. The van der Waals surface area contributed by atoms with Gasteiger partial charge in [-0.1, -0.05) is 18.2 Å².